The number of nitrogens with two attached hydrogens (primary N) is 1. The molecular formula is C16H30N2O2. The van der Waals surface area contributed by atoms with Gasteiger partial charge in [0.25, 0.3) is 0 Å². The van der Waals surface area contributed by atoms with Gasteiger partial charge in [-0.15, -0.1) is 0 Å². The van der Waals surface area contributed by atoms with E-state index < -0.39 is 5.60 Å². The summed E-state index contributed by atoms with van der Waals surface area (Å²) in [5.74, 6) is 1.19. The van der Waals surface area contributed by atoms with Gasteiger partial charge in [0.05, 0.1) is 0 Å². The first-order valence-electron chi connectivity index (χ1n) is 7.83. The van der Waals surface area contributed by atoms with E-state index in [1.54, 1.807) is 0 Å². The zero-order chi connectivity index (χ0) is 15.1. The van der Waals surface area contributed by atoms with Crippen molar-refractivity contribution in [2.75, 3.05) is 13.1 Å². The largest absolute Gasteiger partial charge is 0.444 e. The first kappa shape index (κ1) is 15.6. The van der Waals surface area contributed by atoms with Gasteiger partial charge >= 0.3 is 6.09 Å². The Morgan fingerprint density at radius 2 is 2.05 bits per heavy atom. The molecule has 0 spiro atoms. The number of piperidine rings is 1. The first-order chi connectivity index (χ1) is 9.13. The summed E-state index contributed by atoms with van der Waals surface area (Å²) >= 11 is 0. The molecule has 1 saturated carbocycles. The van der Waals surface area contributed by atoms with Crippen LogP contribution in [-0.2, 0) is 4.74 Å². The van der Waals surface area contributed by atoms with Crippen LogP contribution in [-0.4, -0.2) is 35.7 Å². The molecule has 116 valence electrons. The van der Waals surface area contributed by atoms with Crippen LogP contribution in [0, 0.1) is 17.3 Å². The second-order valence-electron chi connectivity index (χ2n) is 8.27. The summed E-state index contributed by atoms with van der Waals surface area (Å²) in [7, 11) is 0. The van der Waals surface area contributed by atoms with E-state index in [4.69, 9.17) is 10.5 Å². The van der Waals surface area contributed by atoms with Gasteiger partial charge in [0.15, 0.2) is 0 Å². The molecule has 1 aliphatic carbocycles. The molecular weight excluding hydrogens is 252 g/mol. The summed E-state index contributed by atoms with van der Waals surface area (Å²) < 4.78 is 5.60. The standard InChI is InChI=1S/C16H30N2O2/c1-15(2,3)20-14(19)18-10-16(4,5)7-6-13(18)12-8-11(12)9-17/h11-13H,6-10,17H2,1-5H3/t11-,12+,13?/m0/s1. The van der Waals surface area contributed by atoms with Gasteiger partial charge in [-0.05, 0) is 63.8 Å². The topological polar surface area (TPSA) is 55.6 Å². The van der Waals surface area contributed by atoms with E-state index in [0.29, 0.717) is 17.9 Å². The van der Waals surface area contributed by atoms with Crippen LogP contribution >= 0.6 is 0 Å². The Morgan fingerprint density at radius 1 is 1.40 bits per heavy atom. The van der Waals surface area contributed by atoms with Gasteiger partial charge in [0.1, 0.15) is 5.60 Å². The molecule has 4 heteroatoms. The minimum Gasteiger partial charge on any atom is -0.444 e. The van der Waals surface area contributed by atoms with Gasteiger partial charge in [0.2, 0.25) is 0 Å². The number of carbonyl (C=O) groups is 1. The van der Waals surface area contributed by atoms with Crippen LogP contribution in [0.3, 0.4) is 0 Å². The third-order valence-electron chi connectivity index (χ3n) is 4.52. The quantitative estimate of drug-likeness (QED) is 0.847. The third kappa shape index (κ3) is 3.66. The molecule has 0 radical (unpaired) electrons. The van der Waals surface area contributed by atoms with Gasteiger partial charge in [0, 0.05) is 12.6 Å². The molecule has 2 aliphatic rings. The molecule has 2 rings (SSSR count). The molecule has 1 aliphatic heterocycles. The SMILES string of the molecule is CC1(C)CCC([C@@H]2C[C@H]2CN)N(C(=O)OC(C)(C)C)C1. The predicted molar refractivity (Wildman–Crippen MR) is 80.4 cm³/mol. The Kier molecular flexibility index (Phi) is 4.07. The highest BCUT2D eigenvalue weighted by atomic mass is 16.6. The van der Waals surface area contributed by atoms with Crippen LogP contribution in [0.15, 0.2) is 0 Å². The van der Waals surface area contributed by atoms with Crippen molar-refractivity contribution in [1.82, 2.24) is 4.90 Å². The molecule has 0 aromatic carbocycles. The van der Waals surface area contributed by atoms with Crippen LogP contribution < -0.4 is 5.73 Å². The Hall–Kier alpha value is -0.770. The summed E-state index contributed by atoms with van der Waals surface area (Å²) in [6.45, 7) is 11.8. The number of carbonyl (C=O) groups excluding carboxylic acids is 1. The van der Waals surface area contributed by atoms with E-state index >= 15 is 0 Å². The Morgan fingerprint density at radius 3 is 2.55 bits per heavy atom. The molecule has 2 fully saturated rings. The lowest BCUT2D eigenvalue weighted by Gasteiger charge is -2.44. The molecule has 0 bridgehead atoms. The van der Waals surface area contributed by atoms with Crippen LogP contribution in [0.2, 0.25) is 0 Å². The first-order valence-corrected chi connectivity index (χ1v) is 7.83. The number of amides is 1. The molecule has 1 amide bonds. The normalized spacial score (nSPS) is 32.9. The molecule has 1 saturated heterocycles. The lowest BCUT2D eigenvalue weighted by atomic mass is 9.80. The second-order valence-corrected chi connectivity index (χ2v) is 8.27. The van der Waals surface area contributed by atoms with Crippen molar-refractivity contribution in [3.63, 3.8) is 0 Å². The van der Waals surface area contributed by atoms with E-state index in [1.165, 1.54) is 12.8 Å². The Bertz CT molecular complexity index is 373. The fourth-order valence-corrected chi connectivity index (χ4v) is 3.33. The average Bonchev–Trinajstić information content (AvgIpc) is 3.04. The highest BCUT2D eigenvalue weighted by molar-refractivity contribution is 5.69. The minimum atomic E-state index is -0.431. The number of ether oxygens (including phenoxy) is 1. The van der Waals surface area contributed by atoms with Crippen LogP contribution in [0.1, 0.15) is 53.9 Å². The second kappa shape index (κ2) is 5.21. The van der Waals surface area contributed by atoms with Crippen molar-refractivity contribution in [3.8, 4) is 0 Å². The van der Waals surface area contributed by atoms with Crippen molar-refractivity contribution >= 4 is 6.09 Å². The summed E-state index contributed by atoms with van der Waals surface area (Å²) in [5.41, 5.74) is 5.52. The van der Waals surface area contributed by atoms with Gasteiger partial charge in [-0.1, -0.05) is 13.8 Å². The number of likely N-dealkylation sites (tertiary alicyclic amines) is 1. The molecule has 0 aromatic rings. The van der Waals surface area contributed by atoms with Crippen LogP contribution in [0.25, 0.3) is 0 Å². The number of hydrogen-bond acceptors (Lipinski definition) is 3. The maximum absolute atomic E-state index is 12.5. The molecule has 2 N–H and O–H groups in total. The van der Waals surface area contributed by atoms with Crippen LogP contribution in [0.5, 0.6) is 0 Å². The Labute approximate surface area is 123 Å². The Balaban J connectivity index is 2.08. The molecule has 3 atom stereocenters. The minimum absolute atomic E-state index is 0.155. The smallest absolute Gasteiger partial charge is 0.410 e. The summed E-state index contributed by atoms with van der Waals surface area (Å²) in [6, 6.07) is 0.325. The fourth-order valence-electron chi connectivity index (χ4n) is 3.33. The van der Waals surface area contributed by atoms with Crippen molar-refractivity contribution in [3.05, 3.63) is 0 Å². The zero-order valence-corrected chi connectivity index (χ0v) is 13.6. The molecule has 0 aromatic heterocycles. The van der Waals surface area contributed by atoms with Crippen molar-refractivity contribution < 1.29 is 9.53 Å². The maximum atomic E-state index is 12.5. The van der Waals surface area contributed by atoms with E-state index in [-0.39, 0.29) is 11.5 Å². The lowest BCUT2D eigenvalue weighted by Crippen LogP contribution is -2.52. The van der Waals surface area contributed by atoms with Crippen molar-refractivity contribution in [1.29, 1.82) is 0 Å². The third-order valence-corrected chi connectivity index (χ3v) is 4.52. The molecule has 4 nitrogen and oxygen atoms in total. The maximum Gasteiger partial charge on any atom is 0.410 e. The summed E-state index contributed by atoms with van der Waals surface area (Å²) in [6.07, 6.45) is 3.26. The monoisotopic (exact) mass is 282 g/mol. The van der Waals surface area contributed by atoms with Gasteiger partial charge in [-0.3, -0.25) is 0 Å². The number of rotatable bonds is 2. The molecule has 1 heterocycles. The van der Waals surface area contributed by atoms with E-state index in [1.807, 2.05) is 25.7 Å². The van der Waals surface area contributed by atoms with Gasteiger partial charge < -0.3 is 15.4 Å². The van der Waals surface area contributed by atoms with Gasteiger partial charge in [-0.25, -0.2) is 4.79 Å². The lowest BCUT2D eigenvalue weighted by molar-refractivity contribution is -0.0119. The summed E-state index contributed by atoms with van der Waals surface area (Å²) in [5, 5.41) is 0. The van der Waals surface area contributed by atoms with Gasteiger partial charge in [-0.2, -0.15) is 0 Å². The van der Waals surface area contributed by atoms with Crippen LogP contribution in [0.4, 0.5) is 4.79 Å². The number of hydrogen-bond donors (Lipinski definition) is 1. The molecule has 1 unspecified atom stereocenters. The predicted octanol–water partition coefficient (Wildman–Crippen LogP) is 3.01. The van der Waals surface area contributed by atoms with E-state index in [9.17, 15) is 4.79 Å². The van der Waals surface area contributed by atoms with E-state index in [0.717, 1.165) is 19.5 Å². The highest BCUT2D eigenvalue weighted by Crippen LogP contribution is 2.47. The fraction of sp³-hybridized carbons (Fsp3) is 0.938. The molecule has 20 heavy (non-hydrogen) atoms. The number of nitrogens with zero attached hydrogens (tertiary/aromatic N) is 1. The average molecular weight is 282 g/mol. The van der Waals surface area contributed by atoms with E-state index in [2.05, 4.69) is 13.8 Å². The zero-order valence-electron chi connectivity index (χ0n) is 13.6. The highest BCUT2D eigenvalue weighted by Gasteiger charge is 2.49. The van der Waals surface area contributed by atoms with Crippen molar-refractivity contribution in [2.45, 2.75) is 65.5 Å². The summed E-state index contributed by atoms with van der Waals surface area (Å²) in [4.78, 5) is 14.5. The van der Waals surface area contributed by atoms with Crippen molar-refractivity contribution in [2.24, 2.45) is 23.0 Å².